The zero-order chi connectivity index (χ0) is 31.2. The maximum Gasteiger partial charge on any atom is 0.408 e. The van der Waals surface area contributed by atoms with E-state index in [4.69, 9.17) is 4.74 Å². The molecule has 3 rings (SSSR count). The van der Waals surface area contributed by atoms with Crippen molar-refractivity contribution in [3.8, 4) is 0 Å². The monoisotopic (exact) mass is 571 g/mol. The molecule has 2 atom stereocenters. The fraction of sp³-hybridized carbons (Fsp3) is 0.400. The number of amides is 3. The summed E-state index contributed by atoms with van der Waals surface area (Å²) in [6, 6.07) is 20.9. The fourth-order valence-corrected chi connectivity index (χ4v) is 4.96. The largest absolute Gasteiger partial charge is 0.444 e. The summed E-state index contributed by atoms with van der Waals surface area (Å²) < 4.78 is 5.54. The van der Waals surface area contributed by atoms with Gasteiger partial charge in [-0.3, -0.25) is 9.59 Å². The van der Waals surface area contributed by atoms with Crippen LogP contribution in [0.5, 0.6) is 0 Å². The number of anilines is 1. The lowest BCUT2D eigenvalue weighted by atomic mass is 9.91. The van der Waals surface area contributed by atoms with Crippen molar-refractivity contribution >= 4 is 23.6 Å². The van der Waals surface area contributed by atoms with Crippen LogP contribution in [0.15, 0.2) is 72.8 Å². The van der Waals surface area contributed by atoms with Gasteiger partial charge in [0.1, 0.15) is 17.7 Å². The molecule has 0 bridgehead atoms. The van der Waals surface area contributed by atoms with Crippen LogP contribution in [-0.4, -0.2) is 40.0 Å². The smallest absolute Gasteiger partial charge is 0.408 e. The molecular formula is C35H45N3O4. The minimum absolute atomic E-state index is 0.227. The van der Waals surface area contributed by atoms with E-state index in [2.05, 4.69) is 10.6 Å². The summed E-state index contributed by atoms with van der Waals surface area (Å²) in [6.07, 6.45) is -0.470. The van der Waals surface area contributed by atoms with Crippen molar-refractivity contribution in [2.75, 3.05) is 5.32 Å². The Morgan fingerprint density at radius 1 is 0.810 bits per heavy atom. The van der Waals surface area contributed by atoms with Crippen molar-refractivity contribution < 1.29 is 19.1 Å². The van der Waals surface area contributed by atoms with Gasteiger partial charge in [0.05, 0.1) is 0 Å². The Kier molecular flexibility index (Phi) is 10.2. The summed E-state index contributed by atoms with van der Waals surface area (Å²) >= 11 is 0. The Labute approximate surface area is 250 Å². The highest BCUT2D eigenvalue weighted by atomic mass is 16.6. The number of nitrogens with one attached hydrogen (secondary N) is 2. The molecule has 0 saturated heterocycles. The van der Waals surface area contributed by atoms with Crippen LogP contribution in [0.25, 0.3) is 0 Å². The summed E-state index contributed by atoms with van der Waals surface area (Å²) in [4.78, 5) is 43.6. The number of alkyl carbamates (subject to hydrolysis) is 1. The summed E-state index contributed by atoms with van der Waals surface area (Å²) in [7, 11) is 0. The normalized spacial score (nSPS) is 13.1. The quantitative estimate of drug-likeness (QED) is 0.303. The Bertz CT molecular complexity index is 1400. The molecule has 0 heterocycles. The molecule has 0 spiro atoms. The summed E-state index contributed by atoms with van der Waals surface area (Å²) in [5.74, 6) is -0.725. The second-order valence-electron chi connectivity index (χ2n) is 12.8. The SMILES string of the molecule is Cc1ccc(C(C(=O)Nc2ccccc2C)N(C(=O)C(Cc2ccccc2)NC(=O)OC(C)(C)C)C(C)(C)C)c(C)c1. The summed E-state index contributed by atoms with van der Waals surface area (Å²) in [5, 5.41) is 5.89. The maximum atomic E-state index is 14.7. The van der Waals surface area contributed by atoms with Crippen LogP contribution in [0.2, 0.25) is 0 Å². The van der Waals surface area contributed by atoms with E-state index in [9.17, 15) is 14.4 Å². The third-order valence-electron chi connectivity index (χ3n) is 6.86. The Balaban J connectivity index is 2.14. The average Bonchev–Trinajstić information content (AvgIpc) is 2.87. The molecular weight excluding hydrogens is 526 g/mol. The molecule has 3 amide bonds. The number of hydrogen-bond acceptors (Lipinski definition) is 4. The van der Waals surface area contributed by atoms with Gasteiger partial charge >= 0.3 is 6.09 Å². The molecule has 3 aromatic carbocycles. The van der Waals surface area contributed by atoms with Crippen LogP contribution < -0.4 is 10.6 Å². The molecule has 2 N–H and O–H groups in total. The molecule has 224 valence electrons. The van der Waals surface area contributed by atoms with Gasteiger partial charge in [-0.1, -0.05) is 72.3 Å². The number of nitrogens with zero attached hydrogens (tertiary/aromatic N) is 1. The predicted molar refractivity (Wildman–Crippen MR) is 168 cm³/mol. The molecule has 0 radical (unpaired) electrons. The molecule has 0 saturated carbocycles. The zero-order valence-corrected chi connectivity index (χ0v) is 26.4. The van der Waals surface area contributed by atoms with Gasteiger partial charge in [-0.05, 0) is 90.6 Å². The van der Waals surface area contributed by atoms with Crippen molar-refractivity contribution in [3.63, 3.8) is 0 Å². The van der Waals surface area contributed by atoms with E-state index in [1.54, 1.807) is 25.7 Å². The molecule has 0 aliphatic rings. The maximum absolute atomic E-state index is 14.7. The van der Waals surface area contributed by atoms with Crippen LogP contribution in [0.4, 0.5) is 10.5 Å². The number of ether oxygens (including phenoxy) is 1. The second kappa shape index (κ2) is 13.2. The van der Waals surface area contributed by atoms with Gasteiger partial charge in [-0.15, -0.1) is 0 Å². The average molecular weight is 572 g/mol. The van der Waals surface area contributed by atoms with Crippen LogP contribution in [0.1, 0.15) is 75.4 Å². The van der Waals surface area contributed by atoms with Gasteiger partial charge in [0, 0.05) is 17.6 Å². The van der Waals surface area contributed by atoms with Crippen LogP contribution in [0, 0.1) is 20.8 Å². The standard InChI is InChI=1S/C35H45N3O4/c1-23-19-20-27(25(3)21-23)30(31(39)36-28-18-14-13-15-24(28)2)38(34(4,5)6)32(40)29(22-26-16-11-10-12-17-26)37-33(41)42-35(7,8)9/h10-21,29-30H,22H2,1-9H3,(H,36,39)(H,37,41). The van der Waals surface area contributed by atoms with Crippen molar-refractivity contribution in [1.82, 2.24) is 10.2 Å². The lowest BCUT2D eigenvalue weighted by molar-refractivity contribution is -0.146. The molecule has 0 fully saturated rings. The molecule has 0 aliphatic heterocycles. The minimum Gasteiger partial charge on any atom is -0.444 e. The van der Waals surface area contributed by atoms with Gasteiger partial charge in [0.15, 0.2) is 0 Å². The van der Waals surface area contributed by atoms with E-state index in [1.807, 2.05) is 114 Å². The minimum atomic E-state index is -0.985. The molecule has 42 heavy (non-hydrogen) atoms. The first-order valence-electron chi connectivity index (χ1n) is 14.4. The number of aryl methyl sites for hydroxylation is 3. The van der Waals surface area contributed by atoms with Crippen molar-refractivity contribution in [2.45, 2.75) is 92.0 Å². The Hall–Kier alpha value is -4.13. The molecule has 0 aliphatic carbocycles. The highest BCUT2D eigenvalue weighted by Crippen LogP contribution is 2.33. The van der Waals surface area contributed by atoms with E-state index in [-0.39, 0.29) is 18.2 Å². The number of benzene rings is 3. The highest BCUT2D eigenvalue weighted by molar-refractivity contribution is 6.00. The third kappa shape index (κ3) is 8.68. The van der Waals surface area contributed by atoms with Crippen LogP contribution in [0.3, 0.4) is 0 Å². The van der Waals surface area contributed by atoms with E-state index in [0.29, 0.717) is 11.3 Å². The first kappa shape index (κ1) is 32.4. The van der Waals surface area contributed by atoms with Gasteiger partial charge in [0.25, 0.3) is 5.91 Å². The number of hydrogen-bond donors (Lipinski definition) is 2. The number of para-hydroxylation sites is 1. The molecule has 0 aromatic heterocycles. The van der Waals surface area contributed by atoms with Gasteiger partial charge in [-0.25, -0.2) is 4.79 Å². The van der Waals surface area contributed by atoms with E-state index >= 15 is 0 Å². The molecule has 7 heteroatoms. The Morgan fingerprint density at radius 2 is 1.43 bits per heavy atom. The van der Waals surface area contributed by atoms with Crippen molar-refractivity contribution in [2.24, 2.45) is 0 Å². The summed E-state index contributed by atoms with van der Waals surface area (Å²) in [6.45, 7) is 16.9. The molecule has 7 nitrogen and oxygen atoms in total. The number of rotatable bonds is 8. The van der Waals surface area contributed by atoms with Crippen molar-refractivity contribution in [3.05, 3.63) is 101 Å². The lowest BCUT2D eigenvalue weighted by Crippen LogP contribution is -2.58. The first-order valence-corrected chi connectivity index (χ1v) is 14.4. The van der Waals surface area contributed by atoms with Crippen LogP contribution >= 0.6 is 0 Å². The van der Waals surface area contributed by atoms with Gasteiger partial charge in [0.2, 0.25) is 5.91 Å². The molecule has 2 unspecified atom stereocenters. The molecule has 3 aromatic rings. The first-order chi connectivity index (χ1) is 19.6. The van der Waals surface area contributed by atoms with Gasteiger partial charge in [-0.2, -0.15) is 0 Å². The van der Waals surface area contributed by atoms with Crippen molar-refractivity contribution in [1.29, 1.82) is 0 Å². The fourth-order valence-electron chi connectivity index (χ4n) is 4.96. The third-order valence-corrected chi connectivity index (χ3v) is 6.86. The van der Waals surface area contributed by atoms with E-state index < -0.39 is 29.3 Å². The van der Waals surface area contributed by atoms with E-state index in [0.717, 1.165) is 22.3 Å². The number of carbonyl (C=O) groups is 3. The van der Waals surface area contributed by atoms with Crippen LogP contribution in [-0.2, 0) is 20.7 Å². The number of carbonyl (C=O) groups excluding carboxylic acids is 3. The second-order valence-corrected chi connectivity index (χ2v) is 12.8. The topological polar surface area (TPSA) is 87.7 Å². The van der Waals surface area contributed by atoms with Gasteiger partial charge < -0.3 is 20.3 Å². The lowest BCUT2D eigenvalue weighted by Gasteiger charge is -2.43. The summed E-state index contributed by atoms with van der Waals surface area (Å²) in [5.41, 5.74) is 3.56. The zero-order valence-electron chi connectivity index (χ0n) is 26.4. The highest BCUT2D eigenvalue weighted by Gasteiger charge is 2.42. The van der Waals surface area contributed by atoms with E-state index in [1.165, 1.54) is 0 Å². The predicted octanol–water partition coefficient (Wildman–Crippen LogP) is 7.05. The Morgan fingerprint density at radius 3 is 2.00 bits per heavy atom.